The molecule has 94 valence electrons. The first-order valence-corrected chi connectivity index (χ1v) is 5.48. The number of amides is 1. The third kappa shape index (κ3) is 4.66. The first-order chi connectivity index (χ1) is 8.65. The van der Waals surface area contributed by atoms with E-state index < -0.39 is 0 Å². The normalized spacial score (nSPS) is 9.33. The molecule has 0 aliphatic heterocycles. The standard InChI is InChI=1S/C13H14N2O3/c1-18-13(17)6-5-10-3-2-4-11(9-10)15-12(16)7-8-14/h2-4,9H,5-7H2,1H3,(H,15,16). The SMILES string of the molecule is COC(=O)CCc1cccc(NC(=O)CC#N)c1. The molecule has 1 aromatic carbocycles. The number of methoxy groups -OCH3 is 1. The number of ether oxygens (including phenoxy) is 1. The lowest BCUT2D eigenvalue weighted by Gasteiger charge is -2.05. The van der Waals surface area contributed by atoms with Crippen LogP contribution in [0.5, 0.6) is 0 Å². The lowest BCUT2D eigenvalue weighted by Crippen LogP contribution is -2.10. The molecule has 0 bridgehead atoms. The fourth-order valence-electron chi connectivity index (χ4n) is 1.43. The maximum atomic E-state index is 11.2. The second-order valence-electron chi connectivity index (χ2n) is 3.66. The van der Waals surface area contributed by atoms with Crippen LogP contribution in [-0.2, 0) is 20.7 Å². The van der Waals surface area contributed by atoms with Gasteiger partial charge >= 0.3 is 5.97 Å². The minimum Gasteiger partial charge on any atom is -0.469 e. The molecule has 0 heterocycles. The van der Waals surface area contributed by atoms with Gasteiger partial charge in [-0.25, -0.2) is 0 Å². The molecular formula is C13H14N2O3. The van der Waals surface area contributed by atoms with E-state index in [1.165, 1.54) is 7.11 Å². The van der Waals surface area contributed by atoms with E-state index >= 15 is 0 Å². The van der Waals surface area contributed by atoms with Crippen molar-refractivity contribution in [2.45, 2.75) is 19.3 Å². The third-order valence-electron chi connectivity index (χ3n) is 2.30. The number of hydrogen-bond donors (Lipinski definition) is 1. The van der Waals surface area contributed by atoms with Gasteiger partial charge < -0.3 is 10.1 Å². The first-order valence-electron chi connectivity index (χ1n) is 5.48. The number of benzene rings is 1. The molecular weight excluding hydrogens is 232 g/mol. The summed E-state index contributed by atoms with van der Waals surface area (Å²) in [5.41, 5.74) is 1.55. The van der Waals surface area contributed by atoms with Crippen LogP contribution in [0.25, 0.3) is 0 Å². The van der Waals surface area contributed by atoms with E-state index in [4.69, 9.17) is 5.26 Å². The molecule has 1 amide bonds. The number of carbonyl (C=O) groups excluding carboxylic acids is 2. The average Bonchev–Trinajstić information content (AvgIpc) is 2.36. The van der Waals surface area contributed by atoms with E-state index in [1.807, 2.05) is 6.07 Å². The van der Waals surface area contributed by atoms with E-state index in [1.54, 1.807) is 24.3 Å². The molecule has 0 unspecified atom stereocenters. The molecule has 0 aliphatic rings. The summed E-state index contributed by atoms with van der Waals surface area (Å²) < 4.78 is 4.55. The number of rotatable bonds is 5. The van der Waals surface area contributed by atoms with E-state index in [0.29, 0.717) is 18.5 Å². The van der Waals surface area contributed by atoms with Crippen molar-refractivity contribution in [3.63, 3.8) is 0 Å². The van der Waals surface area contributed by atoms with Crippen molar-refractivity contribution in [3.05, 3.63) is 29.8 Å². The summed E-state index contributed by atoms with van der Waals surface area (Å²) in [4.78, 5) is 22.2. The van der Waals surface area contributed by atoms with Gasteiger partial charge in [0.25, 0.3) is 0 Å². The summed E-state index contributed by atoms with van der Waals surface area (Å²) in [5.74, 6) is -0.614. The number of hydrogen-bond acceptors (Lipinski definition) is 4. The Kier molecular flexibility index (Phi) is 5.39. The molecule has 18 heavy (non-hydrogen) atoms. The van der Waals surface area contributed by atoms with Crippen molar-refractivity contribution < 1.29 is 14.3 Å². The van der Waals surface area contributed by atoms with Crippen LogP contribution in [0.1, 0.15) is 18.4 Å². The predicted molar refractivity (Wildman–Crippen MR) is 65.6 cm³/mol. The highest BCUT2D eigenvalue weighted by atomic mass is 16.5. The second kappa shape index (κ2) is 7.07. The molecule has 0 atom stereocenters. The predicted octanol–water partition coefficient (Wildman–Crippen LogP) is 1.64. The van der Waals surface area contributed by atoms with Crippen molar-refractivity contribution in [2.24, 2.45) is 0 Å². The maximum absolute atomic E-state index is 11.2. The Morgan fingerprint density at radius 3 is 2.89 bits per heavy atom. The average molecular weight is 246 g/mol. The van der Waals surface area contributed by atoms with Gasteiger partial charge in [0.15, 0.2) is 0 Å². The van der Waals surface area contributed by atoms with Crippen LogP contribution in [-0.4, -0.2) is 19.0 Å². The van der Waals surface area contributed by atoms with Gasteiger partial charge in [-0.15, -0.1) is 0 Å². The van der Waals surface area contributed by atoms with Crippen LogP contribution < -0.4 is 5.32 Å². The van der Waals surface area contributed by atoms with Crippen molar-refractivity contribution in [2.75, 3.05) is 12.4 Å². The molecule has 0 fully saturated rings. The van der Waals surface area contributed by atoms with Crippen LogP contribution in [0.15, 0.2) is 24.3 Å². The highest BCUT2D eigenvalue weighted by Gasteiger charge is 2.04. The van der Waals surface area contributed by atoms with Crippen LogP contribution in [0.4, 0.5) is 5.69 Å². The zero-order chi connectivity index (χ0) is 13.4. The maximum Gasteiger partial charge on any atom is 0.305 e. The largest absolute Gasteiger partial charge is 0.469 e. The molecule has 5 heteroatoms. The van der Waals surface area contributed by atoms with Gasteiger partial charge in [-0.2, -0.15) is 5.26 Å². The van der Waals surface area contributed by atoms with Crippen LogP contribution in [0, 0.1) is 11.3 Å². The van der Waals surface area contributed by atoms with Crippen molar-refractivity contribution in [3.8, 4) is 6.07 Å². The van der Waals surface area contributed by atoms with Crippen molar-refractivity contribution >= 4 is 17.6 Å². The van der Waals surface area contributed by atoms with Gasteiger partial charge in [0.2, 0.25) is 5.91 Å². The summed E-state index contributed by atoms with van der Waals surface area (Å²) >= 11 is 0. The second-order valence-corrected chi connectivity index (χ2v) is 3.66. The molecule has 0 aliphatic carbocycles. The van der Waals surface area contributed by atoms with Crippen molar-refractivity contribution in [1.82, 2.24) is 0 Å². The van der Waals surface area contributed by atoms with Crippen LogP contribution in [0.2, 0.25) is 0 Å². The summed E-state index contributed by atoms with van der Waals surface area (Å²) in [6.45, 7) is 0. The Morgan fingerprint density at radius 1 is 1.44 bits per heavy atom. The highest BCUT2D eigenvalue weighted by Crippen LogP contribution is 2.12. The zero-order valence-electron chi connectivity index (χ0n) is 10.1. The molecule has 1 rings (SSSR count). The fraction of sp³-hybridized carbons (Fsp3) is 0.308. The number of anilines is 1. The zero-order valence-corrected chi connectivity index (χ0v) is 10.1. The first kappa shape index (κ1) is 13.7. The number of aryl methyl sites for hydroxylation is 1. The quantitative estimate of drug-likeness (QED) is 0.801. The summed E-state index contributed by atoms with van der Waals surface area (Å²) in [7, 11) is 1.35. The summed E-state index contributed by atoms with van der Waals surface area (Å²) in [5, 5.41) is 11.0. The molecule has 1 N–H and O–H groups in total. The van der Waals surface area contributed by atoms with Gasteiger partial charge in [-0.1, -0.05) is 12.1 Å². The number of nitrogens with zero attached hydrogens (tertiary/aromatic N) is 1. The van der Waals surface area contributed by atoms with Gasteiger partial charge in [0.1, 0.15) is 6.42 Å². The lowest BCUT2D eigenvalue weighted by molar-refractivity contribution is -0.140. The van der Waals surface area contributed by atoms with Crippen molar-refractivity contribution in [1.29, 1.82) is 5.26 Å². The van der Waals surface area contributed by atoms with Gasteiger partial charge in [-0.3, -0.25) is 9.59 Å². The third-order valence-corrected chi connectivity index (χ3v) is 2.30. The van der Waals surface area contributed by atoms with Crippen LogP contribution >= 0.6 is 0 Å². The Hall–Kier alpha value is -2.35. The van der Waals surface area contributed by atoms with E-state index in [0.717, 1.165) is 5.56 Å². The number of esters is 1. The monoisotopic (exact) mass is 246 g/mol. The molecule has 0 saturated carbocycles. The van der Waals surface area contributed by atoms with E-state index in [-0.39, 0.29) is 18.3 Å². The number of carbonyl (C=O) groups is 2. The molecule has 0 radical (unpaired) electrons. The van der Waals surface area contributed by atoms with Gasteiger partial charge in [-0.05, 0) is 24.1 Å². The topological polar surface area (TPSA) is 79.2 Å². The van der Waals surface area contributed by atoms with Gasteiger partial charge in [0.05, 0.1) is 13.2 Å². The van der Waals surface area contributed by atoms with E-state index in [9.17, 15) is 9.59 Å². The number of nitriles is 1. The minimum absolute atomic E-state index is 0.174. The smallest absolute Gasteiger partial charge is 0.305 e. The Bertz CT molecular complexity index is 477. The highest BCUT2D eigenvalue weighted by molar-refractivity contribution is 5.92. The number of nitrogens with one attached hydrogen (secondary N) is 1. The Morgan fingerprint density at radius 2 is 2.22 bits per heavy atom. The lowest BCUT2D eigenvalue weighted by atomic mass is 10.1. The Labute approximate surface area is 105 Å². The molecule has 1 aromatic rings. The van der Waals surface area contributed by atoms with Crippen LogP contribution in [0.3, 0.4) is 0 Å². The molecule has 0 aromatic heterocycles. The molecule has 0 spiro atoms. The van der Waals surface area contributed by atoms with Gasteiger partial charge in [0, 0.05) is 12.1 Å². The summed E-state index contributed by atoms with van der Waals surface area (Å²) in [6.07, 6.45) is 0.674. The Balaban J connectivity index is 2.59. The molecule has 5 nitrogen and oxygen atoms in total. The minimum atomic E-state index is -0.345. The summed E-state index contributed by atoms with van der Waals surface area (Å²) in [6, 6.07) is 8.94. The fourth-order valence-corrected chi connectivity index (χ4v) is 1.43. The molecule has 0 saturated heterocycles. The van der Waals surface area contributed by atoms with E-state index in [2.05, 4.69) is 10.1 Å².